The molecule has 112 valence electrons. The number of nitro benzene ring substituents is 1. The molecule has 0 aliphatic rings. The molecule has 2 aromatic rings. The molecule has 7 heteroatoms. The molecule has 0 atom stereocenters. The highest BCUT2D eigenvalue weighted by Crippen LogP contribution is 2.13. The van der Waals surface area contributed by atoms with Gasteiger partial charge in [0.2, 0.25) is 6.54 Å². The number of non-ortho nitro benzene ring substituents is 1. The number of hydrazone groups is 1. The van der Waals surface area contributed by atoms with Gasteiger partial charge in [-0.25, -0.2) is 5.43 Å². The number of benzene rings is 1. The van der Waals surface area contributed by atoms with E-state index < -0.39 is 4.92 Å². The number of nitro groups is 1. The third-order valence-electron chi connectivity index (χ3n) is 2.93. The maximum absolute atomic E-state index is 11.8. The number of carbonyl (C=O) groups is 1. The molecule has 0 fully saturated rings. The Morgan fingerprint density at radius 3 is 2.68 bits per heavy atom. The number of amides is 1. The SMILES string of the molecule is C/C(=N/NC(=O)C[n+]1ccccc1)c1cccc([N+](=O)[O-])c1. The van der Waals surface area contributed by atoms with Crippen molar-refractivity contribution < 1.29 is 14.3 Å². The summed E-state index contributed by atoms with van der Waals surface area (Å²) in [6.07, 6.45) is 3.55. The summed E-state index contributed by atoms with van der Waals surface area (Å²) in [5.74, 6) is -0.277. The van der Waals surface area contributed by atoms with Crippen molar-refractivity contribution in [3.63, 3.8) is 0 Å². The van der Waals surface area contributed by atoms with E-state index >= 15 is 0 Å². The van der Waals surface area contributed by atoms with E-state index in [-0.39, 0.29) is 18.1 Å². The second-order valence-corrected chi connectivity index (χ2v) is 4.59. The third-order valence-corrected chi connectivity index (χ3v) is 2.93. The van der Waals surface area contributed by atoms with E-state index in [1.54, 1.807) is 36.0 Å². The number of aromatic nitrogens is 1. The molecular formula is C15H15N4O3+. The van der Waals surface area contributed by atoms with E-state index in [1.807, 2.05) is 18.2 Å². The Kier molecular flexibility index (Phi) is 4.92. The first-order valence-corrected chi connectivity index (χ1v) is 6.58. The Bertz CT molecular complexity index is 714. The molecule has 2 rings (SSSR count). The van der Waals surface area contributed by atoms with Crippen LogP contribution in [0.5, 0.6) is 0 Å². The second-order valence-electron chi connectivity index (χ2n) is 4.59. The zero-order valence-corrected chi connectivity index (χ0v) is 12.0. The van der Waals surface area contributed by atoms with Crippen LogP contribution in [0.2, 0.25) is 0 Å². The van der Waals surface area contributed by atoms with Gasteiger partial charge in [0.05, 0.1) is 10.6 Å². The fraction of sp³-hybridized carbons (Fsp3) is 0.133. The molecule has 1 aromatic heterocycles. The molecule has 0 saturated carbocycles. The first-order chi connectivity index (χ1) is 10.6. The standard InChI is InChI=1S/C15H14N4O3/c1-12(13-6-5-7-14(10-13)19(21)22)16-17-15(20)11-18-8-3-2-4-9-18/h2-10H,11H2,1H3/p+1/b16-12-. The lowest BCUT2D eigenvalue weighted by Crippen LogP contribution is -2.41. The van der Waals surface area contributed by atoms with Gasteiger partial charge in [-0.2, -0.15) is 9.67 Å². The van der Waals surface area contributed by atoms with Gasteiger partial charge >= 0.3 is 5.91 Å². The summed E-state index contributed by atoms with van der Waals surface area (Å²) in [6, 6.07) is 11.6. The molecule has 0 unspecified atom stereocenters. The minimum Gasteiger partial charge on any atom is -0.266 e. The predicted octanol–water partition coefficient (Wildman–Crippen LogP) is 1.42. The van der Waals surface area contributed by atoms with Gasteiger partial charge in [0.1, 0.15) is 0 Å². The normalized spacial score (nSPS) is 11.0. The fourth-order valence-electron chi connectivity index (χ4n) is 1.80. The first-order valence-electron chi connectivity index (χ1n) is 6.58. The van der Waals surface area contributed by atoms with E-state index in [1.165, 1.54) is 12.1 Å². The van der Waals surface area contributed by atoms with Crippen LogP contribution in [0, 0.1) is 10.1 Å². The van der Waals surface area contributed by atoms with Crippen LogP contribution >= 0.6 is 0 Å². The van der Waals surface area contributed by atoms with E-state index in [4.69, 9.17) is 0 Å². The zero-order valence-electron chi connectivity index (χ0n) is 12.0. The molecule has 0 saturated heterocycles. The highest BCUT2D eigenvalue weighted by atomic mass is 16.6. The summed E-state index contributed by atoms with van der Waals surface area (Å²) in [6.45, 7) is 1.82. The Morgan fingerprint density at radius 2 is 2.00 bits per heavy atom. The molecule has 0 spiro atoms. The van der Waals surface area contributed by atoms with Crippen molar-refractivity contribution in [2.75, 3.05) is 0 Å². The number of hydrogen-bond donors (Lipinski definition) is 1. The van der Waals surface area contributed by atoms with Gasteiger partial charge in [-0.15, -0.1) is 0 Å². The lowest BCUT2D eigenvalue weighted by Gasteiger charge is -2.02. The molecular weight excluding hydrogens is 284 g/mol. The van der Waals surface area contributed by atoms with Crippen LogP contribution in [-0.2, 0) is 11.3 Å². The molecule has 0 bridgehead atoms. The maximum atomic E-state index is 11.8. The van der Waals surface area contributed by atoms with Crippen LogP contribution < -0.4 is 9.99 Å². The lowest BCUT2D eigenvalue weighted by molar-refractivity contribution is -0.684. The summed E-state index contributed by atoms with van der Waals surface area (Å²) in [4.78, 5) is 22.0. The average Bonchev–Trinajstić information content (AvgIpc) is 2.53. The van der Waals surface area contributed by atoms with E-state index in [9.17, 15) is 14.9 Å². The third kappa shape index (κ3) is 4.20. The van der Waals surface area contributed by atoms with Crippen molar-refractivity contribution in [2.24, 2.45) is 5.10 Å². The summed E-state index contributed by atoms with van der Waals surface area (Å²) < 4.78 is 1.72. The highest BCUT2D eigenvalue weighted by molar-refractivity contribution is 5.99. The smallest absolute Gasteiger partial charge is 0.266 e. The Morgan fingerprint density at radius 1 is 1.27 bits per heavy atom. The summed E-state index contributed by atoms with van der Waals surface area (Å²) in [7, 11) is 0. The summed E-state index contributed by atoms with van der Waals surface area (Å²) in [5, 5.41) is 14.7. The van der Waals surface area contributed by atoms with Crippen molar-refractivity contribution in [1.29, 1.82) is 0 Å². The number of pyridine rings is 1. The van der Waals surface area contributed by atoms with Crippen LogP contribution in [-0.4, -0.2) is 16.5 Å². The van der Waals surface area contributed by atoms with Gasteiger partial charge in [0.15, 0.2) is 12.4 Å². The van der Waals surface area contributed by atoms with Crippen LogP contribution in [0.3, 0.4) is 0 Å². The number of hydrogen-bond acceptors (Lipinski definition) is 4. The van der Waals surface area contributed by atoms with E-state index in [0.717, 1.165) is 0 Å². The van der Waals surface area contributed by atoms with Crippen molar-refractivity contribution in [2.45, 2.75) is 13.5 Å². The van der Waals surface area contributed by atoms with Crippen molar-refractivity contribution in [1.82, 2.24) is 5.43 Å². The number of nitrogens with zero attached hydrogens (tertiary/aromatic N) is 3. The van der Waals surface area contributed by atoms with Crippen LogP contribution in [0.1, 0.15) is 12.5 Å². The van der Waals surface area contributed by atoms with Crippen molar-refractivity contribution >= 4 is 17.3 Å². The molecule has 1 heterocycles. The zero-order chi connectivity index (χ0) is 15.9. The average molecular weight is 299 g/mol. The lowest BCUT2D eigenvalue weighted by atomic mass is 10.1. The monoisotopic (exact) mass is 299 g/mol. The molecule has 1 aromatic carbocycles. The Hall–Kier alpha value is -3.09. The van der Waals surface area contributed by atoms with Gasteiger partial charge in [0.25, 0.3) is 5.69 Å². The van der Waals surface area contributed by atoms with Gasteiger partial charge in [-0.1, -0.05) is 18.2 Å². The number of carbonyl (C=O) groups excluding carboxylic acids is 1. The molecule has 22 heavy (non-hydrogen) atoms. The summed E-state index contributed by atoms with van der Waals surface area (Å²) >= 11 is 0. The van der Waals surface area contributed by atoms with E-state index in [0.29, 0.717) is 11.3 Å². The fourth-order valence-corrected chi connectivity index (χ4v) is 1.80. The van der Waals surface area contributed by atoms with Crippen molar-refractivity contribution in [3.8, 4) is 0 Å². The molecule has 0 aliphatic carbocycles. The number of rotatable bonds is 5. The first kappa shape index (κ1) is 15.3. The van der Waals surface area contributed by atoms with Gasteiger partial charge in [-0.05, 0) is 6.92 Å². The summed E-state index contributed by atoms with van der Waals surface area (Å²) in [5.41, 5.74) is 3.50. The molecule has 1 amide bonds. The Labute approximate surface area is 127 Å². The largest absolute Gasteiger partial charge is 0.305 e. The quantitative estimate of drug-likeness (QED) is 0.392. The van der Waals surface area contributed by atoms with E-state index in [2.05, 4.69) is 10.5 Å². The van der Waals surface area contributed by atoms with Gasteiger partial charge in [-0.3, -0.25) is 14.9 Å². The topological polar surface area (TPSA) is 88.5 Å². The van der Waals surface area contributed by atoms with Crippen LogP contribution in [0.4, 0.5) is 5.69 Å². The van der Waals surface area contributed by atoms with Crippen LogP contribution in [0.25, 0.3) is 0 Å². The minimum absolute atomic E-state index is 0.0155. The molecule has 1 N–H and O–H groups in total. The minimum atomic E-state index is -0.471. The van der Waals surface area contributed by atoms with Crippen molar-refractivity contribution in [3.05, 3.63) is 70.5 Å². The molecule has 7 nitrogen and oxygen atoms in total. The molecule has 0 aliphatic heterocycles. The molecule has 0 radical (unpaired) electrons. The highest BCUT2D eigenvalue weighted by Gasteiger charge is 2.09. The maximum Gasteiger partial charge on any atom is 0.305 e. The van der Waals surface area contributed by atoms with Crippen LogP contribution in [0.15, 0.2) is 60.0 Å². The second kappa shape index (κ2) is 7.07. The predicted molar refractivity (Wildman–Crippen MR) is 80.1 cm³/mol. The van der Waals surface area contributed by atoms with Gasteiger partial charge in [0, 0.05) is 29.8 Å². The number of nitrogens with one attached hydrogen (secondary N) is 1. The van der Waals surface area contributed by atoms with Gasteiger partial charge < -0.3 is 0 Å². The Balaban J connectivity index is 2.02.